The molecule has 0 saturated carbocycles. The van der Waals surface area contributed by atoms with E-state index in [1.807, 2.05) is 23.1 Å². The van der Waals surface area contributed by atoms with Crippen molar-refractivity contribution >= 4 is 133 Å². The topological polar surface area (TPSA) is 24.6 Å². The van der Waals surface area contributed by atoms with Crippen molar-refractivity contribution in [3.63, 3.8) is 0 Å². The van der Waals surface area contributed by atoms with Gasteiger partial charge in [0.05, 0.1) is 22.1 Å². The highest BCUT2D eigenvalue weighted by atomic mass is 35.5. The van der Waals surface area contributed by atoms with Crippen LogP contribution in [0, 0.1) is 0 Å². The van der Waals surface area contributed by atoms with E-state index in [0.29, 0.717) is 0 Å². The number of halogens is 1. The van der Waals surface area contributed by atoms with Crippen molar-refractivity contribution < 1.29 is 4.42 Å². The minimum absolute atomic E-state index is 0.705. The minimum atomic E-state index is -0.705. The average molecular weight is 1230 g/mol. The molecule has 0 amide bonds. The molecule has 0 fully saturated rings. The lowest BCUT2D eigenvalue weighted by Gasteiger charge is -2.40. The Balaban J connectivity index is 0.907. The molecule has 0 bridgehead atoms. The molecule has 1 atom stereocenters. The van der Waals surface area contributed by atoms with E-state index in [9.17, 15) is 0 Å². The van der Waals surface area contributed by atoms with Gasteiger partial charge in [0.15, 0.2) is 0 Å². The fourth-order valence-electron chi connectivity index (χ4n) is 15.3. The standard InChI is InChI=1S/C85H52ClN3OS2/c86-55-37-41-73-81(47-55)92-79-36-20-16-32-72(79)85(73)70-42-38-58(87(56-25-9-3-10-26-56)61-51-65(53-21-5-1-6-22-53)84-69(52-61)63-30-14-18-34-77(63)90-84)48-66(70)67-49-59(39-43-71(67)85)88(60-40-44-75-68(50-60)62-29-13-17-33-74(62)89(75)57-27-11-4-12-28-57)76-45-46-80-83(64-31-15-19-35-78(64)91-80)82(76)54-23-7-2-8-24-54/h1-52H. The van der Waals surface area contributed by atoms with Gasteiger partial charge >= 0.3 is 0 Å². The molecule has 7 heteroatoms. The lowest BCUT2D eigenvalue weighted by Crippen LogP contribution is -2.32. The summed E-state index contributed by atoms with van der Waals surface area (Å²) >= 11 is 10.7. The maximum atomic E-state index is 7.04. The molecule has 0 N–H and O–H groups in total. The Morgan fingerprint density at radius 1 is 0.359 bits per heavy atom. The summed E-state index contributed by atoms with van der Waals surface area (Å²) in [4.78, 5) is 7.33. The molecule has 1 aliphatic carbocycles. The highest BCUT2D eigenvalue weighted by molar-refractivity contribution is 7.99. The number of aromatic nitrogens is 1. The molecule has 17 aromatic rings. The first-order valence-electron chi connectivity index (χ1n) is 31.1. The highest BCUT2D eigenvalue weighted by Gasteiger charge is 2.51. The molecule has 14 aromatic carbocycles. The van der Waals surface area contributed by atoms with E-state index >= 15 is 0 Å². The smallest absolute Gasteiger partial charge is 0.143 e. The molecule has 4 heterocycles. The predicted molar refractivity (Wildman–Crippen MR) is 388 cm³/mol. The summed E-state index contributed by atoms with van der Waals surface area (Å²) in [7, 11) is 0. The fraction of sp³-hybridized carbons (Fsp3) is 0.0118. The van der Waals surface area contributed by atoms with Crippen LogP contribution in [-0.4, -0.2) is 4.57 Å². The second kappa shape index (κ2) is 20.9. The fourth-order valence-corrected chi connectivity index (χ4v) is 17.8. The Kier molecular flexibility index (Phi) is 12.0. The predicted octanol–water partition coefficient (Wildman–Crippen LogP) is 24.8. The Hall–Kier alpha value is -10.9. The first kappa shape index (κ1) is 53.0. The lowest BCUT2D eigenvalue weighted by molar-refractivity contribution is 0.670. The monoisotopic (exact) mass is 1230 g/mol. The van der Waals surface area contributed by atoms with E-state index in [1.54, 1.807) is 0 Å². The number of fused-ring (bicyclic) bond motifs is 18. The van der Waals surface area contributed by atoms with Crippen LogP contribution in [-0.2, 0) is 5.41 Å². The molecular weight excluding hydrogens is 1180 g/mol. The summed E-state index contributed by atoms with van der Waals surface area (Å²) in [6, 6.07) is 116. The third kappa shape index (κ3) is 7.98. The summed E-state index contributed by atoms with van der Waals surface area (Å²) in [5.74, 6) is 0. The van der Waals surface area contributed by atoms with E-state index in [0.717, 1.165) is 111 Å². The Bertz CT molecular complexity index is 5840. The quantitative estimate of drug-likeness (QED) is 0.144. The van der Waals surface area contributed by atoms with Crippen LogP contribution in [0.15, 0.2) is 330 Å². The second-order valence-corrected chi connectivity index (χ2v) is 26.6. The van der Waals surface area contributed by atoms with Crippen LogP contribution in [0.2, 0.25) is 5.02 Å². The number of furan rings is 1. The SMILES string of the molecule is Clc1ccc2c(c1)Sc1ccccc1C21c2ccc(N(c3ccccc3)c3cc(-c4ccccc4)c4oc5ccccc5c4c3)cc2-c2cc(N(c3ccc4c(c3)c3ccccc3n4-c3ccccc3)c3ccc4sc5ccccc5c4c3-c3ccccc3)ccc21. The Morgan fingerprint density at radius 2 is 0.935 bits per heavy atom. The summed E-state index contributed by atoms with van der Waals surface area (Å²) in [5, 5.41) is 7.72. The van der Waals surface area contributed by atoms with E-state index in [4.69, 9.17) is 16.0 Å². The first-order valence-corrected chi connectivity index (χ1v) is 33.2. The van der Waals surface area contributed by atoms with Crippen LogP contribution in [0.3, 0.4) is 0 Å². The van der Waals surface area contributed by atoms with Gasteiger partial charge in [-0.15, -0.1) is 11.3 Å². The number of thiophene rings is 1. The number of benzene rings is 14. The molecule has 19 rings (SSSR count). The van der Waals surface area contributed by atoms with Crippen molar-refractivity contribution in [1.29, 1.82) is 0 Å². The maximum Gasteiger partial charge on any atom is 0.143 e. The van der Waals surface area contributed by atoms with Crippen LogP contribution in [0.25, 0.3) is 103 Å². The molecule has 2 aliphatic rings. The third-order valence-corrected chi connectivity index (χ3v) is 21.6. The van der Waals surface area contributed by atoms with E-state index in [-0.39, 0.29) is 0 Å². The van der Waals surface area contributed by atoms with Gasteiger partial charge in [0.2, 0.25) is 0 Å². The zero-order valence-electron chi connectivity index (χ0n) is 49.5. The summed E-state index contributed by atoms with van der Waals surface area (Å²) in [6.07, 6.45) is 0. The number of anilines is 6. The summed E-state index contributed by atoms with van der Waals surface area (Å²) < 4.78 is 11.7. The van der Waals surface area contributed by atoms with E-state index < -0.39 is 5.41 Å². The van der Waals surface area contributed by atoms with Crippen molar-refractivity contribution in [2.24, 2.45) is 0 Å². The van der Waals surface area contributed by atoms with Gasteiger partial charge in [-0.3, -0.25) is 0 Å². The Morgan fingerprint density at radius 3 is 1.72 bits per heavy atom. The van der Waals surface area contributed by atoms with Gasteiger partial charge in [-0.2, -0.15) is 0 Å². The largest absolute Gasteiger partial charge is 0.455 e. The number of para-hydroxylation sites is 4. The minimum Gasteiger partial charge on any atom is -0.455 e. The van der Waals surface area contributed by atoms with Crippen molar-refractivity contribution in [3.05, 3.63) is 343 Å². The summed E-state index contributed by atoms with van der Waals surface area (Å²) in [6.45, 7) is 0. The van der Waals surface area contributed by atoms with Gasteiger partial charge in [0.25, 0.3) is 0 Å². The zero-order valence-corrected chi connectivity index (χ0v) is 51.9. The van der Waals surface area contributed by atoms with Crippen molar-refractivity contribution in [2.75, 3.05) is 9.80 Å². The lowest BCUT2D eigenvalue weighted by atomic mass is 9.67. The molecule has 1 spiro atoms. The van der Waals surface area contributed by atoms with Crippen LogP contribution >= 0.6 is 34.7 Å². The molecule has 0 radical (unpaired) electrons. The van der Waals surface area contributed by atoms with E-state index in [1.165, 1.54) is 63.7 Å². The molecule has 0 saturated heterocycles. The highest BCUT2D eigenvalue weighted by Crippen LogP contribution is 2.64. The van der Waals surface area contributed by atoms with Crippen molar-refractivity contribution in [2.45, 2.75) is 15.2 Å². The molecule has 1 aliphatic heterocycles. The number of nitrogens with zero attached hydrogens (tertiary/aromatic N) is 3. The van der Waals surface area contributed by atoms with Crippen molar-refractivity contribution in [3.8, 4) is 39.1 Å². The van der Waals surface area contributed by atoms with Crippen molar-refractivity contribution in [1.82, 2.24) is 4.57 Å². The number of hydrogen-bond acceptors (Lipinski definition) is 5. The molecule has 3 aromatic heterocycles. The van der Waals surface area contributed by atoms with Gasteiger partial charge in [-0.05, 0) is 172 Å². The Labute approximate surface area is 544 Å². The molecule has 4 nitrogen and oxygen atoms in total. The molecule has 1 unspecified atom stereocenters. The second-order valence-electron chi connectivity index (χ2n) is 24.0. The molecule has 92 heavy (non-hydrogen) atoms. The molecular formula is C85H52ClN3OS2. The maximum absolute atomic E-state index is 7.04. The zero-order chi connectivity index (χ0) is 60.6. The molecule has 432 valence electrons. The van der Waals surface area contributed by atoms with Gasteiger partial charge < -0.3 is 18.8 Å². The van der Waals surface area contributed by atoms with E-state index in [2.05, 4.69) is 330 Å². The normalized spacial score (nSPS) is 13.9. The average Bonchev–Trinajstić information content (AvgIpc) is 1.48. The van der Waals surface area contributed by atoms with Gasteiger partial charge in [-0.1, -0.05) is 211 Å². The number of rotatable bonds is 9. The van der Waals surface area contributed by atoms with Crippen LogP contribution in [0.1, 0.15) is 22.3 Å². The third-order valence-electron chi connectivity index (χ3n) is 19.1. The van der Waals surface area contributed by atoms with Crippen LogP contribution in [0.5, 0.6) is 0 Å². The summed E-state index contributed by atoms with van der Waals surface area (Å²) in [5.41, 5.74) is 22.4. The van der Waals surface area contributed by atoms with Crippen LogP contribution < -0.4 is 9.80 Å². The van der Waals surface area contributed by atoms with Gasteiger partial charge in [-0.25, -0.2) is 0 Å². The van der Waals surface area contributed by atoms with Gasteiger partial charge in [0.1, 0.15) is 11.2 Å². The van der Waals surface area contributed by atoms with Gasteiger partial charge in [0, 0.05) is 102 Å². The van der Waals surface area contributed by atoms with Crippen LogP contribution in [0.4, 0.5) is 34.1 Å². The number of hydrogen-bond donors (Lipinski definition) is 0. The first-order chi connectivity index (χ1) is 45.5.